The number of nitrogens with one attached hydrogen (secondary N) is 1. The van der Waals surface area contributed by atoms with Crippen molar-refractivity contribution >= 4 is 5.91 Å². The van der Waals surface area contributed by atoms with Gasteiger partial charge in [0.1, 0.15) is 5.69 Å². The lowest BCUT2D eigenvalue weighted by Crippen LogP contribution is -2.23. The molecule has 0 aliphatic heterocycles. The Kier molecular flexibility index (Phi) is 3.22. The Balaban J connectivity index is 1.92. The molecule has 0 bridgehead atoms. The molecule has 0 saturated carbocycles. The van der Waals surface area contributed by atoms with Gasteiger partial charge in [-0.3, -0.25) is 14.2 Å². The molecule has 1 amide bonds. The molecule has 6 nitrogen and oxygen atoms in total. The molecule has 90 valence electrons. The molecule has 2 rings (SSSR count). The van der Waals surface area contributed by atoms with E-state index in [1.54, 1.807) is 30.2 Å². The normalized spacial score (nSPS) is 10.5. The minimum atomic E-state index is -0.171. The van der Waals surface area contributed by atoms with E-state index < -0.39 is 0 Å². The molecule has 0 radical (unpaired) electrons. The van der Waals surface area contributed by atoms with Crippen LogP contribution < -0.4 is 5.32 Å². The lowest BCUT2D eigenvalue weighted by molar-refractivity contribution is 0.0945. The summed E-state index contributed by atoms with van der Waals surface area (Å²) in [5.74, 6) is -0.171. The molecule has 0 saturated heterocycles. The highest BCUT2D eigenvalue weighted by Crippen LogP contribution is 1.99. The topological polar surface area (TPSA) is 64.7 Å². The molecular weight excluding hydrogens is 218 g/mol. The van der Waals surface area contributed by atoms with E-state index in [0.29, 0.717) is 12.2 Å². The van der Waals surface area contributed by atoms with Gasteiger partial charge in [0.15, 0.2) is 0 Å². The lowest BCUT2D eigenvalue weighted by Gasteiger charge is -2.00. The van der Waals surface area contributed by atoms with Crippen LogP contribution in [0.15, 0.2) is 24.7 Å². The third-order valence-electron chi connectivity index (χ3n) is 2.41. The Labute approximate surface area is 99.2 Å². The first-order valence-corrected chi connectivity index (χ1v) is 5.48. The number of nitrogens with zero attached hydrogens (tertiary/aromatic N) is 4. The van der Waals surface area contributed by atoms with Crippen molar-refractivity contribution in [2.75, 3.05) is 0 Å². The average Bonchev–Trinajstić information content (AvgIpc) is 2.94. The zero-order valence-corrected chi connectivity index (χ0v) is 9.92. The molecule has 0 spiro atoms. The van der Waals surface area contributed by atoms with Crippen LogP contribution in [0.1, 0.15) is 23.0 Å². The van der Waals surface area contributed by atoms with E-state index in [9.17, 15) is 4.79 Å². The first-order valence-electron chi connectivity index (χ1n) is 5.48. The van der Waals surface area contributed by atoms with Crippen LogP contribution in [0.3, 0.4) is 0 Å². The van der Waals surface area contributed by atoms with Crippen LogP contribution in [0.4, 0.5) is 0 Å². The molecule has 2 aromatic heterocycles. The summed E-state index contributed by atoms with van der Waals surface area (Å²) in [5.41, 5.74) is 1.41. The Morgan fingerprint density at radius 3 is 2.94 bits per heavy atom. The van der Waals surface area contributed by atoms with Crippen molar-refractivity contribution in [2.45, 2.75) is 20.0 Å². The van der Waals surface area contributed by atoms with Crippen molar-refractivity contribution in [3.05, 3.63) is 35.9 Å². The minimum Gasteiger partial charge on any atom is -0.346 e. The minimum absolute atomic E-state index is 0.171. The van der Waals surface area contributed by atoms with Gasteiger partial charge in [0.2, 0.25) is 0 Å². The first kappa shape index (κ1) is 11.4. The smallest absolute Gasteiger partial charge is 0.272 e. The highest BCUT2D eigenvalue weighted by molar-refractivity contribution is 5.92. The van der Waals surface area contributed by atoms with Gasteiger partial charge in [0.05, 0.1) is 6.20 Å². The van der Waals surface area contributed by atoms with Crippen molar-refractivity contribution in [2.24, 2.45) is 7.05 Å². The zero-order valence-electron chi connectivity index (χ0n) is 9.92. The van der Waals surface area contributed by atoms with Crippen molar-refractivity contribution in [3.63, 3.8) is 0 Å². The summed E-state index contributed by atoms with van der Waals surface area (Å²) < 4.78 is 3.42. The maximum absolute atomic E-state index is 11.7. The summed E-state index contributed by atoms with van der Waals surface area (Å²) in [6.07, 6.45) is 5.41. The molecule has 0 aromatic carbocycles. The van der Waals surface area contributed by atoms with Crippen LogP contribution in [0.5, 0.6) is 0 Å². The van der Waals surface area contributed by atoms with Crippen molar-refractivity contribution in [1.29, 1.82) is 0 Å². The largest absolute Gasteiger partial charge is 0.346 e. The number of hydrogen-bond donors (Lipinski definition) is 1. The third-order valence-corrected chi connectivity index (χ3v) is 2.41. The number of carbonyl (C=O) groups excluding carboxylic acids is 1. The maximum Gasteiger partial charge on any atom is 0.272 e. The van der Waals surface area contributed by atoms with Crippen LogP contribution in [-0.4, -0.2) is 25.5 Å². The highest BCUT2D eigenvalue weighted by atomic mass is 16.1. The van der Waals surface area contributed by atoms with Gasteiger partial charge in [-0.1, -0.05) is 0 Å². The summed E-state index contributed by atoms with van der Waals surface area (Å²) in [6, 6.07) is 1.69. The second kappa shape index (κ2) is 4.82. The third kappa shape index (κ3) is 2.72. The SMILES string of the molecule is CCn1cc(CNC(=O)c2ccn(C)n2)cn1. The van der Waals surface area contributed by atoms with E-state index in [2.05, 4.69) is 15.5 Å². The predicted octanol–water partition coefficient (Wildman–Crippen LogP) is 0.566. The summed E-state index contributed by atoms with van der Waals surface area (Å²) >= 11 is 0. The number of carbonyl (C=O) groups is 1. The quantitative estimate of drug-likeness (QED) is 0.839. The van der Waals surface area contributed by atoms with Gasteiger partial charge < -0.3 is 5.32 Å². The first-order chi connectivity index (χ1) is 8.19. The fraction of sp³-hybridized carbons (Fsp3) is 0.364. The van der Waals surface area contributed by atoms with E-state index in [1.165, 1.54) is 0 Å². The van der Waals surface area contributed by atoms with Gasteiger partial charge in [-0.2, -0.15) is 10.2 Å². The second-order valence-electron chi connectivity index (χ2n) is 3.76. The maximum atomic E-state index is 11.7. The predicted molar refractivity (Wildman–Crippen MR) is 62.3 cm³/mol. The Morgan fingerprint density at radius 1 is 1.53 bits per heavy atom. The fourth-order valence-corrected chi connectivity index (χ4v) is 1.48. The number of aryl methyl sites for hydroxylation is 2. The van der Waals surface area contributed by atoms with E-state index in [4.69, 9.17) is 0 Å². The Hall–Kier alpha value is -2.11. The summed E-state index contributed by atoms with van der Waals surface area (Å²) in [5, 5.41) is 11.0. The van der Waals surface area contributed by atoms with E-state index in [-0.39, 0.29) is 5.91 Å². The average molecular weight is 233 g/mol. The number of aromatic nitrogens is 4. The summed E-state index contributed by atoms with van der Waals surface area (Å²) in [7, 11) is 1.78. The molecule has 2 aromatic rings. The van der Waals surface area contributed by atoms with E-state index >= 15 is 0 Å². The second-order valence-corrected chi connectivity index (χ2v) is 3.76. The highest BCUT2D eigenvalue weighted by Gasteiger charge is 2.08. The van der Waals surface area contributed by atoms with Gasteiger partial charge >= 0.3 is 0 Å². The number of hydrogen-bond acceptors (Lipinski definition) is 3. The fourth-order valence-electron chi connectivity index (χ4n) is 1.48. The van der Waals surface area contributed by atoms with Crippen LogP contribution in [0.2, 0.25) is 0 Å². The van der Waals surface area contributed by atoms with Crippen molar-refractivity contribution in [1.82, 2.24) is 24.9 Å². The molecule has 0 fully saturated rings. The number of rotatable bonds is 4. The molecule has 0 aliphatic rings. The standard InChI is InChI=1S/C11H15N5O/c1-3-16-8-9(7-13-16)6-12-11(17)10-4-5-15(2)14-10/h4-5,7-8H,3,6H2,1-2H3,(H,12,17). The summed E-state index contributed by atoms with van der Waals surface area (Å²) in [6.45, 7) is 3.31. The van der Waals surface area contributed by atoms with Crippen molar-refractivity contribution < 1.29 is 4.79 Å². The van der Waals surface area contributed by atoms with Crippen LogP contribution >= 0.6 is 0 Å². The monoisotopic (exact) mass is 233 g/mol. The van der Waals surface area contributed by atoms with Gasteiger partial charge in [0, 0.05) is 38.1 Å². The summed E-state index contributed by atoms with van der Waals surface area (Å²) in [4.78, 5) is 11.7. The van der Waals surface area contributed by atoms with Crippen LogP contribution in [0, 0.1) is 0 Å². The van der Waals surface area contributed by atoms with Crippen LogP contribution in [-0.2, 0) is 20.1 Å². The van der Waals surface area contributed by atoms with Gasteiger partial charge in [-0.25, -0.2) is 0 Å². The molecule has 0 atom stereocenters. The van der Waals surface area contributed by atoms with E-state index in [1.807, 2.05) is 17.8 Å². The molecule has 6 heteroatoms. The lowest BCUT2D eigenvalue weighted by atomic mass is 10.3. The van der Waals surface area contributed by atoms with E-state index in [0.717, 1.165) is 12.1 Å². The zero-order chi connectivity index (χ0) is 12.3. The van der Waals surface area contributed by atoms with Gasteiger partial charge in [-0.15, -0.1) is 0 Å². The van der Waals surface area contributed by atoms with Crippen LogP contribution in [0.25, 0.3) is 0 Å². The van der Waals surface area contributed by atoms with Gasteiger partial charge in [-0.05, 0) is 13.0 Å². The molecule has 0 unspecified atom stereocenters. The Bertz CT molecular complexity index is 513. The molecule has 17 heavy (non-hydrogen) atoms. The molecule has 2 heterocycles. The number of amides is 1. The molecule has 0 aliphatic carbocycles. The molecule has 1 N–H and O–H groups in total. The molecular formula is C11H15N5O. The van der Waals surface area contributed by atoms with Crippen molar-refractivity contribution in [3.8, 4) is 0 Å². The van der Waals surface area contributed by atoms with Gasteiger partial charge in [0.25, 0.3) is 5.91 Å². The Morgan fingerprint density at radius 2 is 2.35 bits per heavy atom.